The highest BCUT2D eigenvalue weighted by atomic mass is 19.4. The first kappa shape index (κ1) is 24.7. The Balaban J connectivity index is 1.33. The summed E-state index contributed by atoms with van der Waals surface area (Å²) < 4.78 is 52.9. The molecule has 0 spiro atoms. The maximum atomic E-state index is 14.2. The topological polar surface area (TPSA) is 70.2 Å². The number of alkyl halides is 3. The van der Waals surface area contributed by atoms with Gasteiger partial charge in [-0.15, -0.1) is 0 Å². The van der Waals surface area contributed by atoms with E-state index in [4.69, 9.17) is 0 Å². The third-order valence-corrected chi connectivity index (χ3v) is 6.29. The van der Waals surface area contributed by atoms with Gasteiger partial charge in [0.1, 0.15) is 11.6 Å². The van der Waals surface area contributed by atoms with Crippen LogP contribution in [0.15, 0.2) is 42.5 Å². The lowest BCUT2D eigenvalue weighted by molar-refractivity contribution is -0.140. The van der Waals surface area contributed by atoms with E-state index in [-0.39, 0.29) is 18.5 Å². The summed E-state index contributed by atoms with van der Waals surface area (Å²) in [4.78, 5) is 23.6. The van der Waals surface area contributed by atoms with Gasteiger partial charge >= 0.3 is 6.18 Å². The zero-order valence-electron chi connectivity index (χ0n) is 19.5. The van der Waals surface area contributed by atoms with Crippen LogP contribution in [-0.4, -0.2) is 42.6 Å². The van der Waals surface area contributed by atoms with Crippen molar-refractivity contribution < 1.29 is 22.4 Å². The monoisotopic (exact) mass is 489 g/mol. The van der Waals surface area contributed by atoms with Crippen molar-refractivity contribution in [2.24, 2.45) is 5.92 Å². The molecular formula is C25H27F4N5O. The minimum atomic E-state index is -4.85. The van der Waals surface area contributed by atoms with Gasteiger partial charge in [0.25, 0.3) is 5.91 Å². The molecule has 0 radical (unpaired) electrons. The third kappa shape index (κ3) is 5.63. The van der Waals surface area contributed by atoms with Crippen LogP contribution < -0.4 is 15.5 Å². The van der Waals surface area contributed by atoms with Crippen molar-refractivity contribution in [2.75, 3.05) is 30.9 Å². The zero-order valence-corrected chi connectivity index (χ0v) is 19.5. The molecule has 2 aromatic carbocycles. The summed E-state index contributed by atoms with van der Waals surface area (Å²) in [5, 5.41) is 6.98. The highest BCUT2D eigenvalue weighted by Crippen LogP contribution is 2.32. The van der Waals surface area contributed by atoms with Crippen molar-refractivity contribution in [1.82, 2.24) is 15.3 Å². The Bertz CT molecular complexity index is 1210. The second-order valence-corrected chi connectivity index (χ2v) is 9.02. The van der Waals surface area contributed by atoms with Gasteiger partial charge in [-0.25, -0.2) is 9.37 Å². The number of anilines is 2. The molecule has 3 aromatic rings. The summed E-state index contributed by atoms with van der Waals surface area (Å²) in [7, 11) is 3.87. The van der Waals surface area contributed by atoms with Crippen LogP contribution in [0, 0.1) is 11.7 Å². The summed E-state index contributed by atoms with van der Waals surface area (Å²) >= 11 is 0. The number of hydrogen-bond donors (Lipinski definition) is 2. The van der Waals surface area contributed by atoms with Gasteiger partial charge in [0, 0.05) is 32.1 Å². The van der Waals surface area contributed by atoms with E-state index in [2.05, 4.69) is 20.6 Å². The lowest BCUT2D eigenvalue weighted by Gasteiger charge is -2.29. The first-order valence-corrected chi connectivity index (χ1v) is 11.5. The Labute approximate surface area is 200 Å². The van der Waals surface area contributed by atoms with Gasteiger partial charge in [-0.05, 0) is 55.9 Å². The predicted octanol–water partition coefficient (Wildman–Crippen LogP) is 5.25. The molecule has 0 unspecified atom stereocenters. The molecule has 1 aliphatic carbocycles. The van der Waals surface area contributed by atoms with Crippen LogP contribution in [0.4, 0.5) is 29.3 Å². The molecule has 35 heavy (non-hydrogen) atoms. The molecule has 1 aromatic heterocycles. The summed E-state index contributed by atoms with van der Waals surface area (Å²) in [6.45, 7) is 0.276. The average Bonchev–Trinajstić information content (AvgIpc) is 2.82. The highest BCUT2D eigenvalue weighted by Gasteiger charge is 2.35. The fraction of sp³-hybridized carbons (Fsp3) is 0.400. The number of carbonyl (C=O) groups excluding carboxylic acids is 1. The summed E-state index contributed by atoms with van der Waals surface area (Å²) in [5.74, 6) is -0.839. The maximum absolute atomic E-state index is 14.2. The number of benzene rings is 2. The van der Waals surface area contributed by atoms with Crippen molar-refractivity contribution in [3.8, 4) is 0 Å². The van der Waals surface area contributed by atoms with Crippen molar-refractivity contribution in [3.05, 3.63) is 59.4 Å². The van der Waals surface area contributed by atoms with Gasteiger partial charge in [-0.2, -0.15) is 18.2 Å². The molecule has 10 heteroatoms. The molecule has 1 fully saturated rings. The largest absolute Gasteiger partial charge is 0.419 e. The molecule has 0 bridgehead atoms. The number of halogens is 4. The Morgan fingerprint density at radius 2 is 1.74 bits per heavy atom. The van der Waals surface area contributed by atoms with E-state index in [1.807, 2.05) is 43.3 Å². The first-order chi connectivity index (χ1) is 16.6. The zero-order chi connectivity index (χ0) is 25.2. The SMILES string of the molecule is CN(C)c1nc(N[C@H]2CC[C@@H](CNC(=O)c3cccc(C(F)(F)F)c3F)CC2)nc2ccccc12. The van der Waals surface area contributed by atoms with Crippen LogP contribution in [0.2, 0.25) is 0 Å². The second kappa shape index (κ2) is 10.1. The fourth-order valence-electron chi connectivity index (χ4n) is 4.42. The maximum Gasteiger partial charge on any atom is 0.419 e. The molecule has 186 valence electrons. The van der Waals surface area contributed by atoms with Crippen molar-refractivity contribution in [1.29, 1.82) is 0 Å². The molecule has 2 N–H and O–H groups in total. The molecule has 0 saturated heterocycles. The third-order valence-electron chi connectivity index (χ3n) is 6.29. The van der Waals surface area contributed by atoms with Gasteiger partial charge < -0.3 is 15.5 Å². The molecule has 1 saturated carbocycles. The number of nitrogens with zero attached hydrogens (tertiary/aromatic N) is 3. The van der Waals surface area contributed by atoms with E-state index in [9.17, 15) is 22.4 Å². The van der Waals surface area contributed by atoms with E-state index in [0.717, 1.165) is 54.5 Å². The number of fused-ring (bicyclic) bond motifs is 1. The number of amides is 1. The lowest BCUT2D eigenvalue weighted by atomic mass is 9.86. The molecule has 4 rings (SSSR count). The summed E-state index contributed by atoms with van der Waals surface area (Å²) in [6.07, 6.45) is -1.60. The van der Waals surface area contributed by atoms with Crippen LogP contribution in [0.3, 0.4) is 0 Å². The van der Waals surface area contributed by atoms with Crippen molar-refractivity contribution >= 4 is 28.6 Å². The van der Waals surface area contributed by atoms with Crippen LogP contribution in [0.25, 0.3) is 10.9 Å². The van der Waals surface area contributed by atoms with E-state index < -0.39 is 29.0 Å². The molecule has 1 heterocycles. The second-order valence-electron chi connectivity index (χ2n) is 9.02. The number of rotatable bonds is 6. The van der Waals surface area contributed by atoms with E-state index in [1.54, 1.807) is 0 Å². The van der Waals surface area contributed by atoms with Crippen molar-refractivity contribution in [2.45, 2.75) is 37.9 Å². The molecular weight excluding hydrogens is 462 g/mol. The lowest BCUT2D eigenvalue weighted by Crippen LogP contribution is -2.34. The van der Waals surface area contributed by atoms with Gasteiger partial charge in [0.05, 0.1) is 16.6 Å². The number of aromatic nitrogens is 2. The molecule has 0 atom stereocenters. The predicted molar refractivity (Wildman–Crippen MR) is 127 cm³/mol. The summed E-state index contributed by atoms with van der Waals surface area (Å²) in [6, 6.07) is 10.7. The Kier molecular flexibility index (Phi) is 7.09. The van der Waals surface area contributed by atoms with Gasteiger partial charge in [0.15, 0.2) is 0 Å². The van der Waals surface area contributed by atoms with Gasteiger partial charge in [-0.3, -0.25) is 4.79 Å². The molecule has 6 nitrogen and oxygen atoms in total. The molecule has 0 aliphatic heterocycles. The first-order valence-electron chi connectivity index (χ1n) is 11.5. The van der Waals surface area contributed by atoms with Crippen LogP contribution >= 0.6 is 0 Å². The quantitative estimate of drug-likeness (QED) is 0.463. The minimum absolute atomic E-state index is 0.153. The number of para-hydroxylation sites is 1. The van der Waals surface area contributed by atoms with Crippen LogP contribution in [0.1, 0.15) is 41.6 Å². The smallest absolute Gasteiger partial charge is 0.362 e. The van der Waals surface area contributed by atoms with E-state index in [1.165, 1.54) is 0 Å². The Morgan fingerprint density at radius 3 is 2.43 bits per heavy atom. The van der Waals surface area contributed by atoms with Crippen LogP contribution in [-0.2, 0) is 6.18 Å². The summed E-state index contributed by atoms with van der Waals surface area (Å²) in [5.41, 5.74) is -1.18. The molecule has 1 amide bonds. The van der Waals surface area contributed by atoms with Crippen molar-refractivity contribution in [3.63, 3.8) is 0 Å². The van der Waals surface area contributed by atoms with Crippen LogP contribution in [0.5, 0.6) is 0 Å². The number of hydrogen-bond acceptors (Lipinski definition) is 5. The normalized spacial score (nSPS) is 18.3. The average molecular weight is 490 g/mol. The van der Waals surface area contributed by atoms with E-state index in [0.29, 0.717) is 12.0 Å². The van der Waals surface area contributed by atoms with Gasteiger partial charge in [0.2, 0.25) is 5.95 Å². The highest BCUT2D eigenvalue weighted by molar-refractivity contribution is 5.94. The van der Waals surface area contributed by atoms with E-state index >= 15 is 0 Å². The Hall–Kier alpha value is -3.43. The number of carbonyl (C=O) groups is 1. The minimum Gasteiger partial charge on any atom is -0.362 e. The Morgan fingerprint density at radius 1 is 1.03 bits per heavy atom. The standard InChI is InChI=1S/C25H27F4N5O/c1-34(2)22-17-6-3-4-9-20(17)32-24(33-22)31-16-12-10-15(11-13-16)14-30-23(35)18-7-5-8-19(21(18)26)25(27,28)29/h3-9,15-16H,10-14H2,1-2H3,(H,30,35)(H,31,32,33)/t15-,16+. The number of nitrogens with one attached hydrogen (secondary N) is 2. The fourth-order valence-corrected chi connectivity index (χ4v) is 4.42. The van der Waals surface area contributed by atoms with Gasteiger partial charge in [-0.1, -0.05) is 18.2 Å². The molecule has 1 aliphatic rings.